The van der Waals surface area contributed by atoms with E-state index in [0.717, 1.165) is 35.1 Å². The summed E-state index contributed by atoms with van der Waals surface area (Å²) in [5, 5.41) is 10.6. The second-order valence-electron chi connectivity index (χ2n) is 5.11. The lowest BCUT2D eigenvalue weighted by Crippen LogP contribution is -1.98. The number of hydrogen-bond donors (Lipinski definition) is 1. The minimum atomic E-state index is 0.241. The van der Waals surface area contributed by atoms with Crippen LogP contribution in [0.1, 0.15) is 33.6 Å². The van der Waals surface area contributed by atoms with E-state index in [4.69, 9.17) is 11.6 Å². The van der Waals surface area contributed by atoms with Gasteiger partial charge in [-0.2, -0.15) is 24.2 Å². The number of aromatic amines is 1. The van der Waals surface area contributed by atoms with E-state index in [1.54, 1.807) is 6.20 Å². The van der Waals surface area contributed by atoms with Crippen LogP contribution < -0.4 is 0 Å². The van der Waals surface area contributed by atoms with Gasteiger partial charge in [-0.1, -0.05) is 50.6 Å². The summed E-state index contributed by atoms with van der Waals surface area (Å²) >= 11 is 7.08. The molecule has 4 rings (SSSR count). The van der Waals surface area contributed by atoms with Gasteiger partial charge in [0, 0.05) is 5.56 Å². The van der Waals surface area contributed by atoms with Crippen molar-refractivity contribution in [1.82, 2.24) is 24.2 Å². The molecule has 2 aromatic heterocycles. The van der Waals surface area contributed by atoms with Crippen molar-refractivity contribution in [3.05, 3.63) is 48.2 Å². The Labute approximate surface area is 157 Å². The first-order valence-corrected chi connectivity index (χ1v) is 9.51. The highest BCUT2D eigenvalue weighted by molar-refractivity contribution is 7.00. The van der Waals surface area contributed by atoms with Gasteiger partial charge in [0.05, 0.1) is 23.3 Å². The van der Waals surface area contributed by atoms with Crippen LogP contribution in [0.4, 0.5) is 0 Å². The Morgan fingerprint density at radius 2 is 2.04 bits per heavy atom. The Morgan fingerprint density at radius 1 is 1.24 bits per heavy atom. The van der Waals surface area contributed by atoms with Crippen LogP contribution in [-0.4, -0.2) is 29.5 Å². The van der Waals surface area contributed by atoms with Crippen LogP contribution in [0.25, 0.3) is 22.3 Å². The lowest BCUT2D eigenvalue weighted by Gasteiger charge is -2.09. The SMILES string of the molecule is CC.CCC1=CC=CC(Cl)C1.c1cc2nsnc2cc1-c1cn[nH]n1. The quantitative estimate of drug-likeness (QED) is 0.609. The summed E-state index contributed by atoms with van der Waals surface area (Å²) in [7, 11) is 0. The first kappa shape index (κ1) is 19.3. The molecule has 0 spiro atoms. The van der Waals surface area contributed by atoms with Crippen LogP contribution in [-0.2, 0) is 0 Å². The van der Waals surface area contributed by atoms with Gasteiger partial charge in [0.15, 0.2) is 0 Å². The number of rotatable bonds is 2. The predicted molar refractivity (Wildman–Crippen MR) is 106 cm³/mol. The smallest absolute Gasteiger partial charge is 0.112 e. The standard InChI is InChI=1S/C8H11Cl.C8H5N5S.C2H6/c1-2-7-4-3-5-8(9)6-7;1-2-6-7(12-14-11-6)3-5(1)8-4-9-13-10-8;1-2/h3-5,8H,2,6H2,1H3;1-4H,(H,9,10,13);1-2H3. The monoisotopic (exact) mass is 375 g/mol. The molecule has 2 heterocycles. The highest BCUT2D eigenvalue weighted by Gasteiger charge is 2.05. The molecule has 0 saturated heterocycles. The van der Waals surface area contributed by atoms with E-state index < -0.39 is 0 Å². The third-order valence-corrected chi connectivity index (χ3v) is 4.38. The van der Waals surface area contributed by atoms with Gasteiger partial charge >= 0.3 is 0 Å². The van der Waals surface area contributed by atoms with Crippen molar-refractivity contribution in [1.29, 1.82) is 0 Å². The van der Waals surface area contributed by atoms with Crippen molar-refractivity contribution >= 4 is 34.4 Å². The summed E-state index contributed by atoms with van der Waals surface area (Å²) in [4.78, 5) is 0. The van der Waals surface area contributed by atoms with Gasteiger partial charge in [0.2, 0.25) is 0 Å². The molecule has 0 aliphatic heterocycles. The molecule has 0 fully saturated rings. The molecule has 0 radical (unpaired) electrons. The van der Waals surface area contributed by atoms with Crippen molar-refractivity contribution in [3.63, 3.8) is 0 Å². The van der Waals surface area contributed by atoms with Gasteiger partial charge < -0.3 is 0 Å². The lowest BCUT2D eigenvalue weighted by molar-refractivity contribution is 0.901. The highest BCUT2D eigenvalue weighted by atomic mass is 35.5. The number of hydrogen-bond acceptors (Lipinski definition) is 5. The number of benzene rings is 1. The van der Waals surface area contributed by atoms with E-state index in [9.17, 15) is 0 Å². The number of aromatic nitrogens is 5. The minimum Gasteiger partial charge on any atom is -0.197 e. The average Bonchev–Trinajstić information content (AvgIpc) is 3.35. The van der Waals surface area contributed by atoms with E-state index in [-0.39, 0.29) is 5.38 Å². The number of allylic oxidation sites excluding steroid dienone is 4. The van der Waals surface area contributed by atoms with Gasteiger partial charge in [0.1, 0.15) is 16.7 Å². The highest BCUT2D eigenvalue weighted by Crippen LogP contribution is 2.20. The largest absolute Gasteiger partial charge is 0.197 e. The van der Waals surface area contributed by atoms with Crippen LogP contribution in [0, 0.1) is 0 Å². The molecule has 0 amide bonds. The van der Waals surface area contributed by atoms with Crippen molar-refractivity contribution in [3.8, 4) is 11.3 Å². The van der Waals surface area contributed by atoms with Gasteiger partial charge in [-0.05, 0) is 25.0 Å². The van der Waals surface area contributed by atoms with Crippen molar-refractivity contribution in [2.45, 2.75) is 39.0 Å². The van der Waals surface area contributed by atoms with E-state index in [1.165, 1.54) is 17.3 Å². The van der Waals surface area contributed by atoms with Gasteiger partial charge in [0.25, 0.3) is 0 Å². The fraction of sp³-hybridized carbons (Fsp3) is 0.333. The summed E-state index contributed by atoms with van der Waals surface area (Å²) < 4.78 is 8.29. The zero-order valence-electron chi connectivity index (χ0n) is 14.6. The minimum absolute atomic E-state index is 0.241. The summed E-state index contributed by atoms with van der Waals surface area (Å²) in [6.07, 6.45) is 10.1. The molecule has 0 saturated carbocycles. The molecule has 132 valence electrons. The number of halogens is 1. The molecule has 5 nitrogen and oxygen atoms in total. The Kier molecular flexibility index (Phi) is 7.76. The molecule has 3 aromatic rings. The molecule has 1 N–H and O–H groups in total. The maximum atomic E-state index is 5.86. The molecule has 1 aliphatic carbocycles. The Bertz CT molecular complexity index is 823. The van der Waals surface area contributed by atoms with E-state index in [0.29, 0.717) is 0 Å². The molecule has 7 heteroatoms. The van der Waals surface area contributed by atoms with Gasteiger partial charge in [-0.15, -0.1) is 11.6 Å². The maximum absolute atomic E-state index is 5.86. The molecule has 1 unspecified atom stereocenters. The van der Waals surface area contributed by atoms with Crippen LogP contribution >= 0.6 is 23.3 Å². The Balaban J connectivity index is 0.000000179. The van der Waals surface area contributed by atoms with Crippen LogP contribution in [0.2, 0.25) is 0 Å². The second kappa shape index (κ2) is 10.1. The van der Waals surface area contributed by atoms with Crippen LogP contribution in [0.5, 0.6) is 0 Å². The molecule has 25 heavy (non-hydrogen) atoms. The summed E-state index contributed by atoms with van der Waals surface area (Å²) in [5.74, 6) is 0. The molecular formula is C18H22ClN5S. The predicted octanol–water partition coefficient (Wildman–Crippen LogP) is 5.39. The first-order valence-electron chi connectivity index (χ1n) is 8.35. The summed E-state index contributed by atoms with van der Waals surface area (Å²) in [6, 6.07) is 5.85. The number of H-pyrrole nitrogens is 1. The summed E-state index contributed by atoms with van der Waals surface area (Å²) in [6.45, 7) is 6.16. The number of nitrogens with zero attached hydrogens (tertiary/aromatic N) is 4. The van der Waals surface area contributed by atoms with Gasteiger partial charge in [-0.3, -0.25) is 0 Å². The lowest BCUT2D eigenvalue weighted by atomic mass is 10.0. The van der Waals surface area contributed by atoms with E-state index in [1.807, 2.05) is 44.2 Å². The maximum Gasteiger partial charge on any atom is 0.112 e. The molecular weight excluding hydrogens is 354 g/mol. The van der Waals surface area contributed by atoms with Crippen LogP contribution in [0.3, 0.4) is 0 Å². The van der Waals surface area contributed by atoms with Crippen molar-refractivity contribution < 1.29 is 0 Å². The first-order chi connectivity index (χ1) is 12.3. The average molecular weight is 376 g/mol. The fourth-order valence-electron chi connectivity index (χ4n) is 2.24. The third kappa shape index (κ3) is 5.47. The third-order valence-electron chi connectivity index (χ3n) is 3.53. The van der Waals surface area contributed by atoms with E-state index >= 15 is 0 Å². The van der Waals surface area contributed by atoms with Crippen LogP contribution in [0.15, 0.2) is 48.2 Å². The Morgan fingerprint density at radius 3 is 2.68 bits per heavy atom. The molecule has 1 atom stereocenters. The topological polar surface area (TPSA) is 67.3 Å². The van der Waals surface area contributed by atoms with Gasteiger partial charge in [-0.25, -0.2) is 0 Å². The summed E-state index contributed by atoms with van der Waals surface area (Å²) in [5.41, 5.74) is 5.09. The van der Waals surface area contributed by atoms with E-state index in [2.05, 4.69) is 37.2 Å². The molecule has 0 bridgehead atoms. The number of alkyl halides is 1. The van der Waals surface area contributed by atoms with Crippen molar-refractivity contribution in [2.75, 3.05) is 0 Å². The second-order valence-corrected chi connectivity index (χ2v) is 6.20. The van der Waals surface area contributed by atoms with Crippen molar-refractivity contribution in [2.24, 2.45) is 0 Å². The zero-order chi connectivity index (χ0) is 18.1. The zero-order valence-corrected chi connectivity index (χ0v) is 16.2. The normalized spacial score (nSPS) is 15.7. The molecule has 1 aliphatic rings. The fourth-order valence-corrected chi connectivity index (χ4v) is 3.04. The molecule has 1 aromatic carbocycles. The number of nitrogens with one attached hydrogen (secondary N) is 1. The Hall–Kier alpha value is -2.05. The number of fused-ring (bicyclic) bond motifs is 1.